The summed E-state index contributed by atoms with van der Waals surface area (Å²) in [6.45, 7) is 8.91. The van der Waals surface area contributed by atoms with E-state index in [2.05, 4.69) is 11.4 Å². The first-order valence-electron chi connectivity index (χ1n) is 9.54. The van der Waals surface area contributed by atoms with Crippen LogP contribution in [0.1, 0.15) is 44.9 Å². The smallest absolute Gasteiger partial charge is 0.282 e. The van der Waals surface area contributed by atoms with Crippen LogP contribution in [0.3, 0.4) is 0 Å². The van der Waals surface area contributed by atoms with Crippen LogP contribution >= 0.6 is 0 Å². The number of nitrogens with zero attached hydrogens (tertiary/aromatic N) is 1. The Labute approximate surface area is 166 Å². The van der Waals surface area contributed by atoms with Crippen molar-refractivity contribution in [1.29, 1.82) is 5.26 Å². The minimum atomic E-state index is -0.303. The van der Waals surface area contributed by atoms with Gasteiger partial charge in [-0.05, 0) is 64.1 Å². The molecule has 2 aromatic carbocycles. The average Bonchev–Trinajstić information content (AvgIpc) is 2.69. The van der Waals surface area contributed by atoms with Gasteiger partial charge in [0.25, 0.3) is 5.91 Å². The molecular weight excluding hydrogens is 354 g/mol. The molecule has 0 aromatic heterocycles. The summed E-state index contributed by atoms with van der Waals surface area (Å²) < 4.78 is 11.3. The Bertz CT molecular complexity index is 845. The lowest BCUT2D eigenvalue weighted by molar-refractivity contribution is -0.709. The van der Waals surface area contributed by atoms with Crippen molar-refractivity contribution in [3.05, 3.63) is 53.6 Å². The number of carbonyl (C=O) groups excluding carboxylic acids is 1. The quantitative estimate of drug-likeness (QED) is 0.698. The van der Waals surface area contributed by atoms with E-state index in [0.717, 1.165) is 11.3 Å². The Morgan fingerprint density at radius 3 is 2.50 bits per heavy atom. The Kier molecular flexibility index (Phi) is 7.85. The lowest BCUT2D eigenvalue weighted by Gasteiger charge is -2.18. The molecule has 0 unspecified atom stereocenters. The fraction of sp³-hybridized carbons (Fsp3) is 0.364. The average molecular weight is 382 g/mol. The molecule has 28 heavy (non-hydrogen) atoms. The number of benzene rings is 2. The van der Waals surface area contributed by atoms with Gasteiger partial charge in [-0.3, -0.25) is 4.79 Å². The first-order valence-corrected chi connectivity index (χ1v) is 9.54. The van der Waals surface area contributed by atoms with E-state index >= 15 is 0 Å². The Morgan fingerprint density at radius 2 is 1.82 bits per heavy atom. The molecule has 0 saturated carbocycles. The van der Waals surface area contributed by atoms with Gasteiger partial charge >= 0.3 is 0 Å². The van der Waals surface area contributed by atoms with Crippen molar-refractivity contribution in [2.24, 2.45) is 0 Å². The van der Waals surface area contributed by atoms with Crippen molar-refractivity contribution in [2.45, 2.75) is 39.8 Å². The first kappa shape index (κ1) is 21.3. The zero-order chi connectivity index (χ0) is 20.5. The van der Waals surface area contributed by atoms with Gasteiger partial charge in [-0.15, -0.1) is 0 Å². The maximum atomic E-state index is 12.5. The second kappa shape index (κ2) is 10.3. The summed E-state index contributed by atoms with van der Waals surface area (Å²) in [5.41, 5.74) is 2.19. The van der Waals surface area contributed by atoms with E-state index in [9.17, 15) is 4.79 Å². The lowest BCUT2D eigenvalue weighted by Crippen LogP contribution is -2.91. The molecule has 2 aromatic rings. The standard InChI is InChI=1S/C22H27N3O3/c1-5-27-20-11-10-18(13-21(20)28-6-2)15(3)24-16(4)22(26)25-19-9-7-8-17(12-19)14-23/h7-13,15-16,24H,5-6H2,1-4H3,(H,25,26)/p+1/t15-,16+/m1/s1. The van der Waals surface area contributed by atoms with Gasteiger partial charge in [0.1, 0.15) is 6.04 Å². The monoisotopic (exact) mass is 382 g/mol. The van der Waals surface area contributed by atoms with E-state index in [1.807, 2.05) is 51.2 Å². The second-order valence-corrected chi connectivity index (χ2v) is 6.52. The maximum absolute atomic E-state index is 12.5. The molecule has 2 rings (SSSR count). The Hall–Kier alpha value is -3.04. The molecule has 2 atom stereocenters. The van der Waals surface area contributed by atoms with E-state index in [0.29, 0.717) is 30.2 Å². The van der Waals surface area contributed by atoms with Crippen LogP contribution in [0.25, 0.3) is 0 Å². The number of nitriles is 1. The van der Waals surface area contributed by atoms with Crippen LogP contribution in [0.4, 0.5) is 5.69 Å². The molecule has 0 spiro atoms. The van der Waals surface area contributed by atoms with Crippen molar-refractivity contribution in [3.63, 3.8) is 0 Å². The molecule has 0 heterocycles. The van der Waals surface area contributed by atoms with E-state index < -0.39 is 0 Å². The Balaban J connectivity index is 2.04. The molecule has 0 saturated heterocycles. The van der Waals surface area contributed by atoms with Gasteiger partial charge in [0, 0.05) is 11.3 Å². The minimum Gasteiger partial charge on any atom is -0.490 e. The molecule has 0 fully saturated rings. The fourth-order valence-corrected chi connectivity index (χ4v) is 2.91. The van der Waals surface area contributed by atoms with E-state index in [-0.39, 0.29) is 18.0 Å². The third-order valence-corrected chi connectivity index (χ3v) is 4.34. The molecule has 0 aliphatic rings. The zero-order valence-electron chi connectivity index (χ0n) is 16.9. The summed E-state index contributed by atoms with van der Waals surface area (Å²) in [5, 5.41) is 13.8. The van der Waals surface area contributed by atoms with Gasteiger partial charge in [0.05, 0.1) is 24.8 Å². The third-order valence-electron chi connectivity index (χ3n) is 4.34. The number of anilines is 1. The predicted octanol–water partition coefficient (Wildman–Crippen LogP) is 3.01. The van der Waals surface area contributed by atoms with Crippen LogP contribution in [0, 0.1) is 11.3 Å². The SMILES string of the molecule is CCOc1ccc([C@@H](C)[NH2+][C@@H](C)C(=O)Nc2cccc(C#N)c2)cc1OCC. The van der Waals surface area contributed by atoms with Crippen LogP contribution in [-0.2, 0) is 4.79 Å². The van der Waals surface area contributed by atoms with Gasteiger partial charge in [-0.1, -0.05) is 6.07 Å². The number of rotatable bonds is 9. The highest BCUT2D eigenvalue weighted by molar-refractivity contribution is 5.93. The Morgan fingerprint density at radius 1 is 1.11 bits per heavy atom. The predicted molar refractivity (Wildman–Crippen MR) is 108 cm³/mol. The third kappa shape index (κ3) is 5.73. The van der Waals surface area contributed by atoms with E-state index in [4.69, 9.17) is 14.7 Å². The van der Waals surface area contributed by atoms with Crippen molar-refractivity contribution in [2.75, 3.05) is 18.5 Å². The number of hydrogen-bond acceptors (Lipinski definition) is 4. The number of nitrogens with one attached hydrogen (secondary N) is 1. The number of quaternary nitrogens is 1. The van der Waals surface area contributed by atoms with Crippen molar-refractivity contribution < 1.29 is 19.6 Å². The van der Waals surface area contributed by atoms with Crippen LogP contribution < -0.4 is 20.1 Å². The summed E-state index contributed by atoms with van der Waals surface area (Å²) >= 11 is 0. The molecule has 0 radical (unpaired) electrons. The van der Waals surface area contributed by atoms with Gasteiger partial charge in [-0.25, -0.2) is 0 Å². The number of nitrogens with two attached hydrogens (primary N) is 1. The highest BCUT2D eigenvalue weighted by atomic mass is 16.5. The highest BCUT2D eigenvalue weighted by Crippen LogP contribution is 2.30. The maximum Gasteiger partial charge on any atom is 0.282 e. The summed E-state index contributed by atoms with van der Waals surface area (Å²) in [7, 11) is 0. The molecule has 0 bridgehead atoms. The molecule has 3 N–H and O–H groups in total. The number of carbonyl (C=O) groups is 1. The zero-order valence-corrected chi connectivity index (χ0v) is 16.9. The summed E-state index contributed by atoms with van der Waals surface area (Å²) in [4.78, 5) is 12.5. The van der Waals surface area contributed by atoms with Gasteiger partial charge in [0.15, 0.2) is 17.5 Å². The molecular formula is C22H28N3O3+. The van der Waals surface area contributed by atoms with Crippen LogP contribution in [-0.4, -0.2) is 25.2 Å². The minimum absolute atomic E-state index is 0.0566. The molecule has 148 valence electrons. The first-order chi connectivity index (χ1) is 13.5. The lowest BCUT2D eigenvalue weighted by atomic mass is 10.1. The summed E-state index contributed by atoms with van der Waals surface area (Å²) in [5.74, 6) is 1.33. The molecule has 6 nitrogen and oxygen atoms in total. The largest absolute Gasteiger partial charge is 0.490 e. The van der Waals surface area contributed by atoms with Crippen molar-refractivity contribution in [1.82, 2.24) is 0 Å². The van der Waals surface area contributed by atoms with Crippen LogP contribution in [0.2, 0.25) is 0 Å². The molecule has 1 amide bonds. The molecule has 0 aliphatic carbocycles. The van der Waals surface area contributed by atoms with Crippen LogP contribution in [0.15, 0.2) is 42.5 Å². The van der Waals surface area contributed by atoms with Gasteiger partial charge < -0.3 is 20.1 Å². The molecule has 6 heteroatoms. The molecule has 0 aliphatic heterocycles. The van der Waals surface area contributed by atoms with E-state index in [1.54, 1.807) is 24.3 Å². The normalized spacial score (nSPS) is 12.5. The second-order valence-electron chi connectivity index (χ2n) is 6.52. The van der Waals surface area contributed by atoms with Crippen molar-refractivity contribution in [3.8, 4) is 17.6 Å². The van der Waals surface area contributed by atoms with Gasteiger partial charge in [-0.2, -0.15) is 5.26 Å². The summed E-state index contributed by atoms with van der Waals surface area (Å²) in [6.07, 6.45) is 0. The van der Waals surface area contributed by atoms with E-state index in [1.165, 1.54) is 0 Å². The topological polar surface area (TPSA) is 88.0 Å². The fourth-order valence-electron chi connectivity index (χ4n) is 2.91. The number of ether oxygens (including phenoxy) is 2. The van der Waals surface area contributed by atoms with Gasteiger partial charge in [0.2, 0.25) is 0 Å². The highest BCUT2D eigenvalue weighted by Gasteiger charge is 2.21. The summed E-state index contributed by atoms with van der Waals surface area (Å²) in [6, 6.07) is 14.6. The van der Waals surface area contributed by atoms with Crippen molar-refractivity contribution >= 4 is 11.6 Å². The number of amides is 1. The van der Waals surface area contributed by atoms with Crippen LogP contribution in [0.5, 0.6) is 11.5 Å². The number of hydrogen-bond donors (Lipinski definition) is 2.